The second-order valence-corrected chi connectivity index (χ2v) is 7.64. The van der Waals surface area contributed by atoms with E-state index in [0.29, 0.717) is 5.16 Å². The van der Waals surface area contributed by atoms with Gasteiger partial charge < -0.3 is 10.7 Å². The fraction of sp³-hybridized carbons (Fsp3) is 0.250. The first-order valence-corrected chi connectivity index (χ1v) is 10.0. The van der Waals surface area contributed by atoms with E-state index in [9.17, 15) is 9.18 Å². The maximum absolute atomic E-state index is 13.4. The maximum Gasteiger partial charge on any atom is 0.240 e. The minimum atomic E-state index is -0.489. The fourth-order valence-corrected chi connectivity index (χ4v) is 4.24. The molecule has 144 valence electrons. The number of para-hydroxylation sites is 1. The summed E-state index contributed by atoms with van der Waals surface area (Å²) in [6.45, 7) is 2.07. The molecule has 3 aromatic rings. The van der Waals surface area contributed by atoms with Crippen LogP contribution in [-0.2, 0) is 11.2 Å². The van der Waals surface area contributed by atoms with Crippen LogP contribution in [0.5, 0.6) is 0 Å². The monoisotopic (exact) mass is 397 g/mol. The van der Waals surface area contributed by atoms with Gasteiger partial charge in [0.25, 0.3) is 0 Å². The van der Waals surface area contributed by atoms with Gasteiger partial charge in [0.1, 0.15) is 11.1 Å². The average molecular weight is 397 g/mol. The number of aromatic nitrogens is 3. The molecular formula is C20H20FN5OS. The molecule has 0 saturated heterocycles. The Balaban J connectivity index is 1.66. The average Bonchev–Trinajstić information content (AvgIpc) is 3.11. The number of nitrogens with one attached hydrogen (secondary N) is 2. The fourth-order valence-electron chi connectivity index (χ4n) is 3.14. The van der Waals surface area contributed by atoms with Crippen molar-refractivity contribution in [2.75, 3.05) is 10.7 Å². The molecule has 4 rings (SSSR count). The van der Waals surface area contributed by atoms with Gasteiger partial charge in [0, 0.05) is 12.1 Å². The molecule has 0 radical (unpaired) electrons. The van der Waals surface area contributed by atoms with Crippen molar-refractivity contribution in [1.82, 2.24) is 14.9 Å². The molecule has 2 N–H and O–H groups in total. The Kier molecular flexibility index (Phi) is 5.29. The predicted octanol–water partition coefficient (Wildman–Crippen LogP) is 3.77. The first kappa shape index (κ1) is 18.5. The number of hydrogen-bond acceptors (Lipinski definition) is 5. The molecule has 1 aromatic heterocycles. The molecule has 2 unspecified atom stereocenters. The zero-order chi connectivity index (χ0) is 19.5. The lowest BCUT2D eigenvalue weighted by Gasteiger charge is -2.33. The van der Waals surface area contributed by atoms with Gasteiger partial charge in [-0.05, 0) is 36.2 Å². The SMILES string of the molecule is CCCc1nnc2n1NC(c1ccc(F)cc1)C(C(=O)Nc1ccccc1)S2. The molecule has 1 aliphatic heterocycles. The van der Waals surface area contributed by atoms with Crippen LogP contribution in [0.2, 0.25) is 0 Å². The first-order valence-electron chi connectivity index (χ1n) is 9.14. The molecule has 1 aliphatic rings. The number of anilines is 1. The molecule has 0 saturated carbocycles. The molecule has 28 heavy (non-hydrogen) atoms. The van der Waals surface area contributed by atoms with Crippen LogP contribution < -0.4 is 10.7 Å². The molecule has 6 nitrogen and oxygen atoms in total. The highest BCUT2D eigenvalue weighted by Gasteiger charge is 2.37. The lowest BCUT2D eigenvalue weighted by molar-refractivity contribution is -0.116. The third kappa shape index (κ3) is 3.73. The standard InChI is InChI=1S/C20H20FN5OS/c1-2-6-16-23-24-20-26(16)25-17(13-9-11-14(21)12-10-13)18(28-20)19(27)22-15-7-4-3-5-8-15/h3-5,7-12,17-18,25H,2,6H2,1H3,(H,22,27). The van der Waals surface area contributed by atoms with Crippen molar-refractivity contribution in [2.24, 2.45) is 0 Å². The minimum Gasteiger partial charge on any atom is -0.325 e. The molecule has 1 amide bonds. The summed E-state index contributed by atoms with van der Waals surface area (Å²) in [6, 6.07) is 15.2. The summed E-state index contributed by atoms with van der Waals surface area (Å²) in [7, 11) is 0. The summed E-state index contributed by atoms with van der Waals surface area (Å²) in [6.07, 6.45) is 1.71. The summed E-state index contributed by atoms with van der Waals surface area (Å²) >= 11 is 1.36. The summed E-state index contributed by atoms with van der Waals surface area (Å²) in [5.41, 5.74) is 4.92. The van der Waals surface area contributed by atoms with E-state index in [1.807, 2.05) is 35.0 Å². The number of hydrogen-bond donors (Lipinski definition) is 2. The third-order valence-corrected chi connectivity index (χ3v) is 5.72. The lowest BCUT2D eigenvalue weighted by atomic mass is 10.0. The molecule has 0 fully saturated rings. The molecule has 0 aliphatic carbocycles. The van der Waals surface area contributed by atoms with Gasteiger partial charge in [-0.15, -0.1) is 10.2 Å². The Bertz CT molecular complexity index is 960. The number of thioether (sulfide) groups is 1. The molecule has 0 bridgehead atoms. The Morgan fingerprint density at radius 2 is 1.93 bits per heavy atom. The number of carbonyl (C=O) groups is 1. The van der Waals surface area contributed by atoms with Crippen molar-refractivity contribution >= 4 is 23.4 Å². The Morgan fingerprint density at radius 3 is 2.64 bits per heavy atom. The summed E-state index contributed by atoms with van der Waals surface area (Å²) in [5.74, 6) is 0.359. The molecule has 2 atom stereocenters. The number of amides is 1. The normalized spacial score (nSPS) is 18.2. The number of fused-ring (bicyclic) bond motifs is 1. The van der Waals surface area contributed by atoms with Gasteiger partial charge in [0.05, 0.1) is 6.04 Å². The zero-order valence-electron chi connectivity index (χ0n) is 15.3. The second-order valence-electron chi connectivity index (χ2n) is 6.54. The van der Waals surface area contributed by atoms with Gasteiger partial charge in [0.2, 0.25) is 11.1 Å². The summed E-state index contributed by atoms with van der Waals surface area (Å²) in [4.78, 5) is 13.1. The van der Waals surface area contributed by atoms with Gasteiger partial charge in [0.15, 0.2) is 5.82 Å². The van der Waals surface area contributed by atoms with Crippen LogP contribution in [0, 0.1) is 5.82 Å². The van der Waals surface area contributed by atoms with Crippen LogP contribution in [0.25, 0.3) is 0 Å². The van der Waals surface area contributed by atoms with E-state index < -0.39 is 5.25 Å². The molecular weight excluding hydrogens is 377 g/mol. The van der Waals surface area contributed by atoms with Crippen molar-refractivity contribution in [3.05, 3.63) is 71.8 Å². The van der Waals surface area contributed by atoms with E-state index in [0.717, 1.165) is 29.9 Å². The highest BCUT2D eigenvalue weighted by Crippen LogP contribution is 2.37. The van der Waals surface area contributed by atoms with E-state index in [1.165, 1.54) is 23.9 Å². The quantitative estimate of drug-likeness (QED) is 0.686. The van der Waals surface area contributed by atoms with Gasteiger partial charge in [-0.3, -0.25) is 4.79 Å². The number of benzene rings is 2. The Hall–Kier alpha value is -2.87. The first-order chi connectivity index (χ1) is 13.7. The predicted molar refractivity (Wildman–Crippen MR) is 107 cm³/mol. The van der Waals surface area contributed by atoms with E-state index in [4.69, 9.17) is 0 Å². The van der Waals surface area contributed by atoms with Gasteiger partial charge >= 0.3 is 0 Å². The number of aryl methyl sites for hydroxylation is 1. The van der Waals surface area contributed by atoms with Crippen LogP contribution in [-0.4, -0.2) is 26.0 Å². The number of carbonyl (C=O) groups excluding carboxylic acids is 1. The maximum atomic E-state index is 13.4. The Labute approximate surface area is 166 Å². The van der Waals surface area contributed by atoms with Crippen molar-refractivity contribution in [3.63, 3.8) is 0 Å². The number of rotatable bonds is 5. The largest absolute Gasteiger partial charge is 0.325 e. The third-order valence-electron chi connectivity index (χ3n) is 4.51. The van der Waals surface area contributed by atoms with Crippen molar-refractivity contribution < 1.29 is 9.18 Å². The van der Waals surface area contributed by atoms with Crippen LogP contribution >= 0.6 is 11.8 Å². The van der Waals surface area contributed by atoms with E-state index in [2.05, 4.69) is 27.9 Å². The number of halogens is 1. The highest BCUT2D eigenvalue weighted by atomic mass is 32.2. The topological polar surface area (TPSA) is 71.8 Å². The van der Waals surface area contributed by atoms with E-state index in [1.54, 1.807) is 12.1 Å². The van der Waals surface area contributed by atoms with E-state index in [-0.39, 0.29) is 17.8 Å². The van der Waals surface area contributed by atoms with Gasteiger partial charge in [-0.1, -0.05) is 49.0 Å². The zero-order valence-corrected chi connectivity index (χ0v) is 16.1. The molecule has 8 heteroatoms. The number of nitrogens with zero attached hydrogens (tertiary/aromatic N) is 3. The van der Waals surface area contributed by atoms with Crippen molar-refractivity contribution in [2.45, 2.75) is 36.2 Å². The van der Waals surface area contributed by atoms with Gasteiger partial charge in [-0.25, -0.2) is 9.07 Å². The van der Waals surface area contributed by atoms with Gasteiger partial charge in [-0.2, -0.15) is 0 Å². The summed E-state index contributed by atoms with van der Waals surface area (Å²) in [5, 5.41) is 11.6. The highest BCUT2D eigenvalue weighted by molar-refractivity contribution is 8.00. The van der Waals surface area contributed by atoms with Crippen LogP contribution in [0.1, 0.15) is 30.8 Å². The second kappa shape index (κ2) is 8.02. The van der Waals surface area contributed by atoms with Crippen LogP contribution in [0.15, 0.2) is 59.8 Å². The summed E-state index contributed by atoms with van der Waals surface area (Å²) < 4.78 is 15.3. The minimum absolute atomic E-state index is 0.149. The lowest BCUT2D eigenvalue weighted by Crippen LogP contribution is -2.41. The smallest absolute Gasteiger partial charge is 0.240 e. The van der Waals surface area contributed by atoms with E-state index >= 15 is 0 Å². The molecule has 2 aromatic carbocycles. The van der Waals surface area contributed by atoms with Crippen LogP contribution in [0.3, 0.4) is 0 Å². The van der Waals surface area contributed by atoms with Crippen LogP contribution in [0.4, 0.5) is 10.1 Å². The molecule has 0 spiro atoms. The Morgan fingerprint density at radius 1 is 1.18 bits per heavy atom. The van der Waals surface area contributed by atoms with Crippen molar-refractivity contribution in [3.8, 4) is 0 Å². The van der Waals surface area contributed by atoms with Crippen molar-refractivity contribution in [1.29, 1.82) is 0 Å². The molecule has 2 heterocycles.